The van der Waals surface area contributed by atoms with Crippen LogP contribution in [0, 0.1) is 6.92 Å². The van der Waals surface area contributed by atoms with Gasteiger partial charge in [0.15, 0.2) is 0 Å². The molecule has 0 amide bonds. The largest absolute Gasteiger partial charge is 0.264 e. The van der Waals surface area contributed by atoms with E-state index in [1.807, 2.05) is 19.1 Å². The number of rotatable bonds is 4. The van der Waals surface area contributed by atoms with E-state index >= 15 is 0 Å². The summed E-state index contributed by atoms with van der Waals surface area (Å²) in [5.41, 5.74) is 2.26. The molecule has 2 aromatic rings. The smallest absolute Gasteiger partial charge is 0.232 e. The Morgan fingerprint density at radius 3 is 2.60 bits per heavy atom. The van der Waals surface area contributed by atoms with Crippen molar-refractivity contribution >= 4 is 27.3 Å². The second-order valence-electron chi connectivity index (χ2n) is 4.59. The number of halogens is 1. The van der Waals surface area contributed by atoms with Crippen LogP contribution in [0.5, 0.6) is 0 Å². The second-order valence-corrected chi connectivity index (χ2v) is 6.90. The summed E-state index contributed by atoms with van der Waals surface area (Å²) >= 11 is 6.17. The molecule has 4 nitrogen and oxygen atoms in total. The van der Waals surface area contributed by atoms with Crippen molar-refractivity contribution in [1.82, 2.24) is 4.98 Å². The number of sulfonamides is 1. The molecule has 2 rings (SSSR count). The van der Waals surface area contributed by atoms with Gasteiger partial charge in [0, 0.05) is 12.4 Å². The van der Waals surface area contributed by atoms with Crippen LogP contribution >= 0.6 is 11.6 Å². The summed E-state index contributed by atoms with van der Waals surface area (Å²) in [7, 11) is -3.43. The van der Waals surface area contributed by atoms with Gasteiger partial charge in [-0.2, -0.15) is 0 Å². The van der Waals surface area contributed by atoms with E-state index in [9.17, 15) is 8.42 Å². The number of aromatic nitrogens is 1. The summed E-state index contributed by atoms with van der Waals surface area (Å²) in [6, 6.07) is 8.90. The maximum absolute atomic E-state index is 12.0. The zero-order valence-corrected chi connectivity index (χ0v) is 12.8. The van der Waals surface area contributed by atoms with Gasteiger partial charge < -0.3 is 0 Å². The lowest BCUT2D eigenvalue weighted by molar-refractivity contribution is 0.596. The number of pyridine rings is 1. The topological polar surface area (TPSA) is 50.3 Å². The van der Waals surface area contributed by atoms with Crippen LogP contribution in [-0.2, 0) is 16.6 Å². The standard InChI is InChI=1S/C14H15ClN2O2S/c1-11-5-6-14(13(15)8-11)17(20(2,18)19)10-12-4-3-7-16-9-12/h3-9H,10H2,1-2H3. The van der Waals surface area contributed by atoms with Crippen molar-refractivity contribution in [3.8, 4) is 0 Å². The first-order chi connectivity index (χ1) is 9.38. The Balaban J connectivity index is 2.44. The van der Waals surface area contributed by atoms with E-state index in [-0.39, 0.29) is 6.54 Å². The molecule has 0 spiro atoms. The van der Waals surface area contributed by atoms with E-state index in [4.69, 9.17) is 11.6 Å². The molecule has 0 atom stereocenters. The number of aryl methyl sites for hydroxylation is 1. The molecule has 6 heteroatoms. The van der Waals surface area contributed by atoms with Gasteiger partial charge in [-0.05, 0) is 36.2 Å². The molecule has 0 saturated carbocycles. The fourth-order valence-electron chi connectivity index (χ4n) is 1.85. The molecule has 1 aromatic heterocycles. The second kappa shape index (κ2) is 5.81. The molecular formula is C14H15ClN2O2S. The van der Waals surface area contributed by atoms with Gasteiger partial charge >= 0.3 is 0 Å². The van der Waals surface area contributed by atoms with Gasteiger partial charge in [-0.15, -0.1) is 0 Å². The predicted octanol–water partition coefficient (Wildman–Crippen LogP) is 3.01. The zero-order chi connectivity index (χ0) is 14.8. The maximum Gasteiger partial charge on any atom is 0.232 e. The van der Waals surface area contributed by atoms with Gasteiger partial charge in [0.05, 0.1) is 23.5 Å². The van der Waals surface area contributed by atoms with Crippen molar-refractivity contribution in [3.63, 3.8) is 0 Å². The van der Waals surface area contributed by atoms with Crippen LogP contribution in [0.2, 0.25) is 5.02 Å². The molecule has 1 heterocycles. The van der Waals surface area contributed by atoms with E-state index < -0.39 is 10.0 Å². The quantitative estimate of drug-likeness (QED) is 0.872. The van der Waals surface area contributed by atoms with Crippen LogP contribution in [0.15, 0.2) is 42.7 Å². The molecular weight excluding hydrogens is 296 g/mol. The molecule has 0 radical (unpaired) electrons. The first kappa shape index (κ1) is 14.8. The minimum Gasteiger partial charge on any atom is -0.264 e. The first-order valence-corrected chi connectivity index (χ1v) is 8.23. The van der Waals surface area contributed by atoms with Gasteiger partial charge in [0.1, 0.15) is 0 Å². The van der Waals surface area contributed by atoms with Gasteiger partial charge in [-0.3, -0.25) is 9.29 Å². The number of hydrogen-bond acceptors (Lipinski definition) is 3. The third-order valence-electron chi connectivity index (χ3n) is 2.82. The first-order valence-electron chi connectivity index (χ1n) is 6.00. The molecule has 0 aliphatic rings. The lowest BCUT2D eigenvalue weighted by Crippen LogP contribution is -2.29. The minimum absolute atomic E-state index is 0.204. The molecule has 20 heavy (non-hydrogen) atoms. The van der Waals surface area contributed by atoms with Gasteiger partial charge in [-0.1, -0.05) is 23.7 Å². The van der Waals surface area contributed by atoms with Crippen molar-refractivity contribution in [3.05, 3.63) is 58.9 Å². The number of hydrogen-bond donors (Lipinski definition) is 0. The van der Waals surface area contributed by atoms with E-state index in [0.717, 1.165) is 11.1 Å². The Bertz CT molecular complexity index is 702. The Labute approximate surface area is 124 Å². The third kappa shape index (κ3) is 3.49. The highest BCUT2D eigenvalue weighted by molar-refractivity contribution is 7.92. The van der Waals surface area contributed by atoms with Crippen LogP contribution in [0.1, 0.15) is 11.1 Å². The Hall–Kier alpha value is -1.59. The lowest BCUT2D eigenvalue weighted by Gasteiger charge is -2.23. The fourth-order valence-corrected chi connectivity index (χ4v) is 3.14. The molecule has 106 valence electrons. The Morgan fingerprint density at radius 2 is 2.05 bits per heavy atom. The third-order valence-corrected chi connectivity index (χ3v) is 4.25. The molecule has 0 fully saturated rings. The van der Waals surface area contributed by atoms with Crippen LogP contribution in [0.4, 0.5) is 5.69 Å². The lowest BCUT2D eigenvalue weighted by atomic mass is 10.2. The van der Waals surface area contributed by atoms with Crippen LogP contribution < -0.4 is 4.31 Å². The molecule has 0 N–H and O–H groups in total. The van der Waals surface area contributed by atoms with Crippen LogP contribution in [-0.4, -0.2) is 19.7 Å². The van der Waals surface area contributed by atoms with Crippen molar-refractivity contribution in [1.29, 1.82) is 0 Å². The fraction of sp³-hybridized carbons (Fsp3) is 0.214. The van der Waals surface area contributed by atoms with E-state index in [0.29, 0.717) is 10.7 Å². The van der Waals surface area contributed by atoms with Crippen molar-refractivity contribution in [2.45, 2.75) is 13.5 Å². The Kier molecular flexibility index (Phi) is 4.30. The summed E-state index contributed by atoms with van der Waals surface area (Å²) < 4.78 is 25.3. The summed E-state index contributed by atoms with van der Waals surface area (Å²) in [6.45, 7) is 2.11. The van der Waals surface area contributed by atoms with Crippen molar-refractivity contribution in [2.24, 2.45) is 0 Å². The highest BCUT2D eigenvalue weighted by atomic mass is 35.5. The zero-order valence-electron chi connectivity index (χ0n) is 11.2. The molecule has 0 bridgehead atoms. The number of nitrogens with zero attached hydrogens (tertiary/aromatic N) is 2. The number of anilines is 1. The average Bonchev–Trinajstić information content (AvgIpc) is 2.37. The minimum atomic E-state index is -3.43. The molecule has 0 saturated heterocycles. The molecule has 0 unspecified atom stereocenters. The average molecular weight is 311 g/mol. The molecule has 0 aliphatic carbocycles. The summed E-state index contributed by atoms with van der Waals surface area (Å²) in [6.07, 6.45) is 4.45. The van der Waals surface area contributed by atoms with E-state index in [2.05, 4.69) is 4.98 Å². The summed E-state index contributed by atoms with van der Waals surface area (Å²) in [5.74, 6) is 0. The van der Waals surface area contributed by atoms with Gasteiger partial charge in [0.2, 0.25) is 10.0 Å². The predicted molar refractivity (Wildman–Crippen MR) is 81.5 cm³/mol. The molecule has 1 aromatic carbocycles. The van der Waals surface area contributed by atoms with Crippen LogP contribution in [0.3, 0.4) is 0 Å². The highest BCUT2D eigenvalue weighted by Crippen LogP contribution is 2.29. The van der Waals surface area contributed by atoms with Crippen LogP contribution in [0.25, 0.3) is 0 Å². The van der Waals surface area contributed by atoms with E-state index in [1.54, 1.807) is 30.6 Å². The van der Waals surface area contributed by atoms with Gasteiger partial charge in [0.25, 0.3) is 0 Å². The van der Waals surface area contributed by atoms with Crippen molar-refractivity contribution < 1.29 is 8.42 Å². The van der Waals surface area contributed by atoms with Crippen molar-refractivity contribution in [2.75, 3.05) is 10.6 Å². The summed E-state index contributed by atoms with van der Waals surface area (Å²) in [4.78, 5) is 4.00. The Morgan fingerprint density at radius 1 is 1.30 bits per heavy atom. The molecule has 0 aliphatic heterocycles. The van der Waals surface area contributed by atoms with Gasteiger partial charge in [-0.25, -0.2) is 8.42 Å². The van der Waals surface area contributed by atoms with E-state index in [1.165, 1.54) is 10.6 Å². The highest BCUT2D eigenvalue weighted by Gasteiger charge is 2.20. The maximum atomic E-state index is 12.0. The summed E-state index contributed by atoms with van der Waals surface area (Å²) in [5, 5.41) is 0.416. The SMILES string of the molecule is Cc1ccc(N(Cc2cccnc2)S(C)(=O)=O)c(Cl)c1. The monoisotopic (exact) mass is 310 g/mol. The normalized spacial score (nSPS) is 11.3. The number of benzene rings is 1.